The van der Waals surface area contributed by atoms with Gasteiger partial charge in [0.05, 0.1) is 21.3 Å². The van der Waals surface area contributed by atoms with Gasteiger partial charge in [0.2, 0.25) is 0 Å². The zero-order valence-electron chi connectivity index (χ0n) is 18.8. The summed E-state index contributed by atoms with van der Waals surface area (Å²) in [5.74, 6) is -0.306. The van der Waals surface area contributed by atoms with Gasteiger partial charge in [0.1, 0.15) is 11.5 Å². The Balaban J connectivity index is 1.63. The second-order valence-electron chi connectivity index (χ2n) is 8.45. The molecule has 34 heavy (non-hydrogen) atoms. The molecule has 1 atom stereocenters. The summed E-state index contributed by atoms with van der Waals surface area (Å²) in [6.45, 7) is 1.79. The molecule has 4 aromatic rings. The van der Waals surface area contributed by atoms with Gasteiger partial charge in [-0.2, -0.15) is 9.78 Å². The van der Waals surface area contributed by atoms with Crippen molar-refractivity contribution in [1.29, 1.82) is 0 Å². The number of nitrogens with zero attached hydrogens (tertiary/aromatic N) is 5. The molecule has 174 valence electrons. The largest absolute Gasteiger partial charge is 0.346 e. The predicted molar refractivity (Wildman–Crippen MR) is 136 cm³/mol. The van der Waals surface area contributed by atoms with Crippen molar-refractivity contribution in [2.45, 2.75) is 12.5 Å². The summed E-state index contributed by atoms with van der Waals surface area (Å²) in [5.41, 5.74) is 2.34. The predicted octanol–water partition coefficient (Wildman–Crippen LogP) is 4.96. The second-order valence-corrected chi connectivity index (χ2v) is 9.84. The molecule has 0 N–H and O–H groups in total. The lowest BCUT2D eigenvalue weighted by Crippen LogP contribution is -2.31. The third-order valence-corrected chi connectivity index (χ3v) is 7.47. The average molecular weight is 496 g/mol. The van der Waals surface area contributed by atoms with Crippen molar-refractivity contribution in [2.75, 3.05) is 32.1 Å². The van der Waals surface area contributed by atoms with Gasteiger partial charge < -0.3 is 9.80 Å². The Kier molecular flexibility index (Phi) is 6.20. The molecule has 0 spiro atoms. The van der Waals surface area contributed by atoms with Gasteiger partial charge in [-0.05, 0) is 63.0 Å². The summed E-state index contributed by atoms with van der Waals surface area (Å²) in [6, 6.07) is 17.0. The lowest BCUT2D eigenvalue weighted by molar-refractivity contribution is 0.315. The summed E-state index contributed by atoms with van der Waals surface area (Å²) in [6.07, 6.45) is 1.06. The van der Waals surface area contributed by atoms with Gasteiger partial charge in [-0.25, -0.2) is 9.37 Å². The van der Waals surface area contributed by atoms with Crippen molar-refractivity contribution in [3.63, 3.8) is 0 Å². The Labute approximate surface area is 205 Å². The number of hydrogen-bond donors (Lipinski definition) is 0. The third kappa shape index (κ3) is 4.36. The van der Waals surface area contributed by atoms with Crippen LogP contribution in [0.2, 0.25) is 5.02 Å². The molecule has 3 heterocycles. The molecule has 6 nitrogen and oxygen atoms in total. The van der Waals surface area contributed by atoms with Gasteiger partial charge in [-0.15, -0.1) is 0 Å². The van der Waals surface area contributed by atoms with Gasteiger partial charge in [-0.1, -0.05) is 35.1 Å². The van der Waals surface area contributed by atoms with E-state index in [0.29, 0.717) is 28.1 Å². The molecule has 0 amide bonds. The number of likely N-dealkylation sites (N-methyl/N-ethyl adjacent to an activating group) is 1. The van der Waals surface area contributed by atoms with Gasteiger partial charge in [0.15, 0.2) is 5.13 Å². The maximum Gasteiger partial charge on any atom is 0.271 e. The van der Waals surface area contributed by atoms with Crippen LogP contribution >= 0.6 is 22.9 Å². The van der Waals surface area contributed by atoms with Crippen LogP contribution in [-0.4, -0.2) is 52.9 Å². The number of rotatable bonds is 5. The molecule has 2 aromatic heterocycles. The second kappa shape index (κ2) is 9.29. The molecule has 2 aromatic carbocycles. The number of para-hydroxylation sites is 1. The first-order valence-corrected chi connectivity index (χ1v) is 12.1. The van der Waals surface area contributed by atoms with E-state index in [0.717, 1.165) is 35.1 Å². The number of halogens is 2. The van der Waals surface area contributed by atoms with Crippen LogP contribution in [-0.2, 0) is 0 Å². The first-order chi connectivity index (χ1) is 16.4. The standard InChI is InChI=1S/C25H23ClFN5OS/c1-30(2)18-13-14-31(15-18)25-28-23(16-7-9-17(27)10-8-16)24(34-25)20-11-12-22(33)32(29-20)21-6-4-3-5-19(21)26/h3-12,18H,13-15H2,1-2H3. The summed E-state index contributed by atoms with van der Waals surface area (Å²) < 4.78 is 14.9. The Hall–Kier alpha value is -3.07. The first kappa shape index (κ1) is 22.7. The highest BCUT2D eigenvalue weighted by Gasteiger charge is 2.28. The van der Waals surface area contributed by atoms with Crippen molar-refractivity contribution in [3.8, 4) is 27.5 Å². The molecule has 9 heteroatoms. The number of anilines is 1. The zero-order chi connectivity index (χ0) is 23.8. The van der Waals surface area contributed by atoms with E-state index in [2.05, 4.69) is 29.0 Å². The highest BCUT2D eigenvalue weighted by molar-refractivity contribution is 7.19. The summed E-state index contributed by atoms with van der Waals surface area (Å²) in [4.78, 5) is 22.9. The van der Waals surface area contributed by atoms with Gasteiger partial charge in [0.25, 0.3) is 5.56 Å². The molecule has 1 fully saturated rings. The molecule has 0 radical (unpaired) electrons. The fourth-order valence-corrected chi connectivity index (χ4v) is 5.39. The van der Waals surface area contributed by atoms with Crippen LogP contribution in [0.25, 0.3) is 27.5 Å². The molecular weight excluding hydrogens is 473 g/mol. The van der Waals surface area contributed by atoms with Crippen LogP contribution in [0.4, 0.5) is 9.52 Å². The first-order valence-electron chi connectivity index (χ1n) is 10.9. The van der Waals surface area contributed by atoms with E-state index in [-0.39, 0.29) is 11.4 Å². The molecule has 1 saturated heterocycles. The molecule has 0 saturated carbocycles. The topological polar surface area (TPSA) is 54.3 Å². The van der Waals surface area contributed by atoms with E-state index in [1.807, 2.05) is 6.07 Å². The minimum Gasteiger partial charge on any atom is -0.346 e. The van der Waals surface area contributed by atoms with E-state index in [9.17, 15) is 9.18 Å². The Morgan fingerprint density at radius 1 is 1.09 bits per heavy atom. The van der Waals surface area contributed by atoms with Crippen molar-refractivity contribution >= 4 is 28.1 Å². The maximum absolute atomic E-state index is 13.6. The molecule has 5 rings (SSSR count). The van der Waals surface area contributed by atoms with Crippen LogP contribution in [0.15, 0.2) is 65.5 Å². The Morgan fingerprint density at radius 3 is 2.56 bits per heavy atom. The SMILES string of the molecule is CN(C)C1CCN(c2nc(-c3ccc(F)cc3)c(-c3ccc(=O)n(-c4ccccc4Cl)n3)s2)C1. The van der Waals surface area contributed by atoms with Crippen molar-refractivity contribution in [2.24, 2.45) is 0 Å². The highest BCUT2D eigenvalue weighted by atomic mass is 35.5. The summed E-state index contributed by atoms with van der Waals surface area (Å²) in [7, 11) is 4.18. The number of aromatic nitrogens is 3. The van der Waals surface area contributed by atoms with Crippen LogP contribution in [0.3, 0.4) is 0 Å². The molecule has 0 aliphatic carbocycles. The fraction of sp³-hybridized carbons (Fsp3) is 0.240. The lowest BCUT2D eigenvalue weighted by Gasteiger charge is -2.19. The van der Waals surface area contributed by atoms with Crippen molar-refractivity contribution in [3.05, 3.63) is 81.9 Å². The van der Waals surface area contributed by atoms with Crippen molar-refractivity contribution in [1.82, 2.24) is 19.7 Å². The summed E-state index contributed by atoms with van der Waals surface area (Å²) >= 11 is 7.87. The highest BCUT2D eigenvalue weighted by Crippen LogP contribution is 2.40. The Morgan fingerprint density at radius 2 is 1.85 bits per heavy atom. The van der Waals surface area contributed by atoms with E-state index >= 15 is 0 Å². The average Bonchev–Trinajstić information content (AvgIpc) is 3.48. The minimum absolute atomic E-state index is 0.279. The van der Waals surface area contributed by atoms with Gasteiger partial charge in [0, 0.05) is 30.8 Å². The van der Waals surface area contributed by atoms with E-state index in [4.69, 9.17) is 16.6 Å². The number of hydrogen-bond acceptors (Lipinski definition) is 6. The normalized spacial score (nSPS) is 15.9. The van der Waals surface area contributed by atoms with Crippen LogP contribution in [0.1, 0.15) is 6.42 Å². The zero-order valence-corrected chi connectivity index (χ0v) is 20.4. The molecule has 1 aliphatic rings. The van der Waals surface area contributed by atoms with Gasteiger partial charge in [-0.3, -0.25) is 4.79 Å². The van der Waals surface area contributed by atoms with Crippen molar-refractivity contribution < 1.29 is 4.39 Å². The van der Waals surface area contributed by atoms with Crippen LogP contribution < -0.4 is 10.5 Å². The molecule has 1 unspecified atom stereocenters. The van der Waals surface area contributed by atoms with Crippen LogP contribution in [0.5, 0.6) is 0 Å². The lowest BCUT2D eigenvalue weighted by atomic mass is 10.1. The number of thiazole rings is 1. The monoisotopic (exact) mass is 495 g/mol. The Bertz CT molecular complexity index is 1380. The quantitative estimate of drug-likeness (QED) is 0.392. The minimum atomic E-state index is -0.306. The molecular formula is C25H23ClFN5OS. The fourth-order valence-electron chi connectivity index (χ4n) is 4.09. The smallest absolute Gasteiger partial charge is 0.271 e. The van der Waals surface area contributed by atoms with E-state index in [1.54, 1.807) is 36.4 Å². The summed E-state index contributed by atoms with van der Waals surface area (Å²) in [5, 5.41) is 5.97. The molecule has 0 bridgehead atoms. The third-order valence-electron chi connectivity index (χ3n) is 6.01. The molecule has 1 aliphatic heterocycles. The van der Waals surface area contributed by atoms with E-state index in [1.165, 1.54) is 34.2 Å². The maximum atomic E-state index is 13.6. The van der Waals surface area contributed by atoms with E-state index < -0.39 is 0 Å². The number of benzene rings is 2. The van der Waals surface area contributed by atoms with Gasteiger partial charge >= 0.3 is 0 Å². The van der Waals surface area contributed by atoms with Crippen LogP contribution in [0, 0.1) is 5.82 Å².